The second kappa shape index (κ2) is 10.2. The van der Waals surface area contributed by atoms with Gasteiger partial charge in [-0.1, -0.05) is 84.9 Å². The van der Waals surface area contributed by atoms with Gasteiger partial charge in [-0.25, -0.2) is 0 Å². The van der Waals surface area contributed by atoms with E-state index in [4.69, 9.17) is 9.47 Å². The molecule has 0 radical (unpaired) electrons. The molecule has 36 heavy (non-hydrogen) atoms. The third-order valence-corrected chi connectivity index (χ3v) is 6.62. The van der Waals surface area contributed by atoms with Gasteiger partial charge in [0.1, 0.15) is 5.60 Å². The molecule has 7 heteroatoms. The molecule has 0 amide bonds. The molecule has 4 rings (SSSR count). The SMILES string of the molecule is COc1cccc(C(c2ccccc2)(c2ccccc2)C(O)(CO)c2ccccc2[N+](=O)[O-])c1OC. The van der Waals surface area contributed by atoms with Crippen molar-refractivity contribution in [3.8, 4) is 11.5 Å². The van der Waals surface area contributed by atoms with Gasteiger partial charge in [-0.2, -0.15) is 0 Å². The number of para-hydroxylation sites is 2. The molecule has 0 saturated carbocycles. The first-order valence-corrected chi connectivity index (χ1v) is 11.3. The number of benzene rings is 4. The average Bonchev–Trinajstić information content (AvgIpc) is 2.94. The van der Waals surface area contributed by atoms with Gasteiger partial charge in [0, 0.05) is 11.6 Å². The molecule has 0 aliphatic carbocycles. The van der Waals surface area contributed by atoms with E-state index >= 15 is 0 Å². The lowest BCUT2D eigenvalue weighted by Crippen LogP contribution is -2.54. The molecule has 7 nitrogen and oxygen atoms in total. The Balaban J connectivity index is 2.28. The minimum Gasteiger partial charge on any atom is -0.493 e. The topological polar surface area (TPSA) is 102 Å². The van der Waals surface area contributed by atoms with Crippen LogP contribution in [0.4, 0.5) is 5.69 Å². The number of methoxy groups -OCH3 is 2. The smallest absolute Gasteiger partial charge is 0.275 e. The molecule has 2 N–H and O–H groups in total. The monoisotopic (exact) mass is 485 g/mol. The first-order valence-electron chi connectivity index (χ1n) is 11.3. The maximum absolute atomic E-state index is 12.7. The van der Waals surface area contributed by atoms with Crippen molar-refractivity contribution in [2.45, 2.75) is 11.0 Å². The maximum atomic E-state index is 12.7. The summed E-state index contributed by atoms with van der Waals surface area (Å²) in [5.41, 5.74) is -2.46. The Morgan fingerprint density at radius 3 is 1.78 bits per heavy atom. The molecule has 0 aromatic heterocycles. The summed E-state index contributed by atoms with van der Waals surface area (Å²) < 4.78 is 11.4. The number of rotatable bonds is 9. The van der Waals surface area contributed by atoms with Crippen LogP contribution in [0.1, 0.15) is 22.3 Å². The van der Waals surface area contributed by atoms with Crippen LogP contribution in [0.25, 0.3) is 0 Å². The van der Waals surface area contributed by atoms with Crippen LogP contribution in [0.15, 0.2) is 103 Å². The van der Waals surface area contributed by atoms with Crippen molar-refractivity contribution in [1.82, 2.24) is 0 Å². The van der Waals surface area contributed by atoms with Crippen LogP contribution in [0.5, 0.6) is 11.5 Å². The van der Waals surface area contributed by atoms with Gasteiger partial charge in [0.2, 0.25) is 0 Å². The molecule has 4 aromatic rings. The standard InChI is InChI=1S/C29H27NO6/c1-35-26-19-11-17-24(27(26)36-2)29(21-12-5-3-6-13-21,22-14-7-4-8-15-22)28(32,20-31)23-16-9-10-18-25(23)30(33)34/h3-19,31-32H,20H2,1-2H3. The van der Waals surface area contributed by atoms with Gasteiger partial charge in [0.05, 0.1) is 36.7 Å². The normalized spacial score (nSPS) is 13.0. The van der Waals surface area contributed by atoms with Crippen LogP contribution >= 0.6 is 0 Å². The Hall–Kier alpha value is -4.20. The average molecular weight is 486 g/mol. The van der Waals surface area contributed by atoms with Crippen LogP contribution in [0.2, 0.25) is 0 Å². The van der Waals surface area contributed by atoms with Gasteiger partial charge in [0.25, 0.3) is 5.69 Å². The number of ether oxygens (including phenoxy) is 2. The summed E-state index contributed by atoms with van der Waals surface area (Å²) in [6.45, 7) is -0.831. The molecule has 4 aromatic carbocycles. The number of nitro groups is 1. The summed E-state index contributed by atoms with van der Waals surface area (Å²) in [5, 5.41) is 35.8. The fourth-order valence-corrected chi connectivity index (χ4v) is 5.13. The van der Waals surface area contributed by atoms with E-state index in [1.54, 1.807) is 24.3 Å². The third kappa shape index (κ3) is 3.79. The summed E-state index contributed by atoms with van der Waals surface area (Å²) in [6, 6.07) is 29.4. The molecule has 0 aliphatic heterocycles. The summed E-state index contributed by atoms with van der Waals surface area (Å²) in [6.07, 6.45) is 0. The number of hydrogen-bond acceptors (Lipinski definition) is 6. The predicted molar refractivity (Wildman–Crippen MR) is 136 cm³/mol. The second-order valence-corrected chi connectivity index (χ2v) is 8.32. The number of hydrogen-bond donors (Lipinski definition) is 2. The highest BCUT2D eigenvalue weighted by molar-refractivity contribution is 5.64. The molecule has 0 aliphatic rings. The van der Waals surface area contributed by atoms with Crippen LogP contribution in [0.3, 0.4) is 0 Å². The van der Waals surface area contributed by atoms with E-state index in [0.29, 0.717) is 28.2 Å². The summed E-state index contributed by atoms with van der Waals surface area (Å²) in [7, 11) is 3.00. The highest BCUT2D eigenvalue weighted by Gasteiger charge is 2.58. The zero-order valence-electron chi connectivity index (χ0n) is 20.0. The van der Waals surface area contributed by atoms with Crippen LogP contribution < -0.4 is 9.47 Å². The number of nitrogens with zero attached hydrogens (tertiary/aromatic N) is 1. The largest absolute Gasteiger partial charge is 0.493 e. The number of aliphatic hydroxyl groups excluding tert-OH is 1. The van der Waals surface area contributed by atoms with E-state index in [-0.39, 0.29) is 11.3 Å². The lowest BCUT2D eigenvalue weighted by atomic mass is 9.57. The molecule has 0 fully saturated rings. The molecule has 0 spiro atoms. The highest BCUT2D eigenvalue weighted by Crippen LogP contribution is 2.56. The van der Waals surface area contributed by atoms with E-state index < -0.39 is 22.5 Å². The Bertz CT molecular complexity index is 1300. The predicted octanol–water partition coefficient (Wildman–Crippen LogP) is 4.83. The van der Waals surface area contributed by atoms with Gasteiger partial charge in [0.15, 0.2) is 11.5 Å². The van der Waals surface area contributed by atoms with E-state index in [9.17, 15) is 20.3 Å². The van der Waals surface area contributed by atoms with Crippen molar-refractivity contribution in [1.29, 1.82) is 0 Å². The molecule has 1 unspecified atom stereocenters. The summed E-state index contributed by atoms with van der Waals surface area (Å²) in [5.74, 6) is 0.743. The molecule has 0 saturated heterocycles. The van der Waals surface area contributed by atoms with Crippen LogP contribution in [-0.2, 0) is 11.0 Å². The molecular weight excluding hydrogens is 458 g/mol. The van der Waals surface area contributed by atoms with Gasteiger partial charge < -0.3 is 19.7 Å². The Morgan fingerprint density at radius 2 is 1.28 bits per heavy atom. The fourth-order valence-electron chi connectivity index (χ4n) is 5.13. The molecule has 1 atom stereocenters. The van der Waals surface area contributed by atoms with Crippen LogP contribution in [-0.4, -0.2) is 36.0 Å². The van der Waals surface area contributed by atoms with Crippen molar-refractivity contribution in [3.05, 3.63) is 135 Å². The van der Waals surface area contributed by atoms with Gasteiger partial charge in [-0.05, 0) is 23.3 Å². The second-order valence-electron chi connectivity index (χ2n) is 8.32. The Kier molecular flexibility index (Phi) is 7.05. The molecular formula is C29H27NO6. The highest BCUT2D eigenvalue weighted by atomic mass is 16.6. The van der Waals surface area contributed by atoms with Crippen molar-refractivity contribution in [2.24, 2.45) is 0 Å². The third-order valence-electron chi connectivity index (χ3n) is 6.62. The maximum Gasteiger partial charge on any atom is 0.275 e. The number of nitro benzene ring substituents is 1. The molecule has 0 heterocycles. The van der Waals surface area contributed by atoms with Gasteiger partial charge in [-0.15, -0.1) is 0 Å². The molecule has 184 valence electrons. The van der Waals surface area contributed by atoms with Gasteiger partial charge in [-0.3, -0.25) is 10.1 Å². The minimum atomic E-state index is -2.21. The molecule has 0 bridgehead atoms. The van der Waals surface area contributed by atoms with E-state index in [0.717, 1.165) is 0 Å². The minimum absolute atomic E-state index is 0.0323. The van der Waals surface area contributed by atoms with Crippen molar-refractivity contribution >= 4 is 5.69 Å². The van der Waals surface area contributed by atoms with E-state index in [1.807, 2.05) is 60.7 Å². The quantitative estimate of drug-likeness (QED) is 0.200. The van der Waals surface area contributed by atoms with Crippen molar-refractivity contribution in [3.63, 3.8) is 0 Å². The first kappa shape index (κ1) is 24.9. The van der Waals surface area contributed by atoms with E-state index in [2.05, 4.69) is 0 Å². The zero-order valence-corrected chi connectivity index (χ0v) is 20.0. The number of aliphatic hydroxyl groups is 2. The van der Waals surface area contributed by atoms with Crippen molar-refractivity contribution < 1.29 is 24.6 Å². The fraction of sp³-hybridized carbons (Fsp3) is 0.172. The van der Waals surface area contributed by atoms with E-state index in [1.165, 1.54) is 32.4 Å². The van der Waals surface area contributed by atoms with Crippen molar-refractivity contribution in [2.75, 3.05) is 20.8 Å². The summed E-state index contributed by atoms with van der Waals surface area (Å²) >= 11 is 0. The Labute approximate surface area is 209 Å². The van der Waals surface area contributed by atoms with Crippen LogP contribution in [0, 0.1) is 10.1 Å². The summed E-state index contributed by atoms with van der Waals surface area (Å²) in [4.78, 5) is 11.6. The lowest BCUT2D eigenvalue weighted by Gasteiger charge is -2.48. The van der Waals surface area contributed by atoms with Gasteiger partial charge >= 0.3 is 0 Å². The lowest BCUT2D eigenvalue weighted by molar-refractivity contribution is -0.387. The first-order chi connectivity index (χ1) is 17.5. The Morgan fingerprint density at radius 1 is 0.750 bits per heavy atom. The zero-order chi connectivity index (χ0) is 25.8.